The normalized spacial score (nSPS) is 13.6. The van der Waals surface area contributed by atoms with Gasteiger partial charge in [0.25, 0.3) is 0 Å². The van der Waals surface area contributed by atoms with E-state index in [-0.39, 0.29) is 0 Å². The highest BCUT2D eigenvalue weighted by molar-refractivity contribution is 9.11. The van der Waals surface area contributed by atoms with Gasteiger partial charge >= 0.3 is 6.18 Å². The Kier molecular flexibility index (Phi) is 3.98. The zero-order valence-corrected chi connectivity index (χ0v) is 11.7. The summed E-state index contributed by atoms with van der Waals surface area (Å²) in [6, 6.07) is 5.63. The minimum Gasteiger partial charge on any atom is -0.320 e. The van der Waals surface area contributed by atoms with Crippen LogP contribution in [0.25, 0.3) is 0 Å². The summed E-state index contributed by atoms with van der Waals surface area (Å²) in [5.41, 5.74) is 4.92. The Morgan fingerprint density at radius 1 is 1.16 bits per heavy atom. The molecule has 1 aromatic heterocycles. The van der Waals surface area contributed by atoms with Gasteiger partial charge in [0, 0.05) is 4.88 Å². The molecule has 0 fully saturated rings. The number of halogens is 5. The molecule has 1 nitrogen and oxygen atoms in total. The van der Waals surface area contributed by atoms with Gasteiger partial charge in [-0.15, -0.1) is 11.3 Å². The molecule has 2 rings (SSSR count). The van der Waals surface area contributed by atoms with Crippen molar-refractivity contribution in [2.45, 2.75) is 12.2 Å². The molecule has 102 valence electrons. The van der Waals surface area contributed by atoms with Crippen molar-refractivity contribution in [2.24, 2.45) is 5.73 Å². The van der Waals surface area contributed by atoms with Crippen molar-refractivity contribution in [3.8, 4) is 0 Å². The zero-order valence-electron chi connectivity index (χ0n) is 9.34. The fourth-order valence-electron chi connectivity index (χ4n) is 1.61. The molecule has 1 atom stereocenters. The van der Waals surface area contributed by atoms with Crippen LogP contribution < -0.4 is 5.73 Å². The first kappa shape index (κ1) is 14.5. The second-order valence-corrected chi connectivity index (χ2v) is 6.35. The first-order chi connectivity index (χ1) is 8.79. The number of thiophene rings is 1. The van der Waals surface area contributed by atoms with E-state index in [1.807, 2.05) is 0 Å². The highest BCUT2D eigenvalue weighted by Gasteiger charge is 2.34. The zero-order chi connectivity index (χ0) is 14.2. The lowest BCUT2D eigenvalue weighted by atomic mass is 10.0. The molecular weight excluding hydrogens is 346 g/mol. The Balaban J connectivity index is 2.35. The Labute approximate surface area is 119 Å². The summed E-state index contributed by atoms with van der Waals surface area (Å²) >= 11 is 4.62. The van der Waals surface area contributed by atoms with Gasteiger partial charge in [0.05, 0.1) is 15.4 Å². The topological polar surface area (TPSA) is 26.0 Å². The molecule has 7 heteroatoms. The predicted octanol–water partition coefficient (Wildman–Crippen LogP) is 4.72. The van der Waals surface area contributed by atoms with E-state index < -0.39 is 23.6 Å². The number of hydrogen-bond acceptors (Lipinski definition) is 2. The van der Waals surface area contributed by atoms with Crippen molar-refractivity contribution < 1.29 is 17.6 Å². The van der Waals surface area contributed by atoms with E-state index in [0.29, 0.717) is 11.6 Å². The van der Waals surface area contributed by atoms with Crippen LogP contribution in [0, 0.1) is 5.82 Å². The molecule has 0 saturated heterocycles. The van der Waals surface area contributed by atoms with Crippen LogP contribution in [-0.4, -0.2) is 0 Å². The fraction of sp³-hybridized carbons (Fsp3) is 0.167. The molecule has 19 heavy (non-hydrogen) atoms. The summed E-state index contributed by atoms with van der Waals surface area (Å²) < 4.78 is 51.6. The van der Waals surface area contributed by atoms with Crippen LogP contribution in [0.2, 0.25) is 0 Å². The smallest absolute Gasteiger partial charge is 0.320 e. The molecule has 1 aromatic carbocycles. The lowest BCUT2D eigenvalue weighted by Crippen LogP contribution is -2.13. The average molecular weight is 354 g/mol. The van der Waals surface area contributed by atoms with E-state index in [9.17, 15) is 17.6 Å². The summed E-state index contributed by atoms with van der Waals surface area (Å²) in [4.78, 5) is 0.742. The summed E-state index contributed by atoms with van der Waals surface area (Å²) in [6.45, 7) is 0. The molecule has 0 saturated carbocycles. The SMILES string of the molecule is NC(c1ccc(C(F)(F)F)c(F)c1)c1ccc(Br)s1. The maximum atomic E-state index is 13.4. The predicted molar refractivity (Wildman–Crippen MR) is 69.5 cm³/mol. The molecule has 2 aromatic rings. The maximum absolute atomic E-state index is 13.4. The van der Waals surface area contributed by atoms with Gasteiger partial charge in [-0.25, -0.2) is 4.39 Å². The van der Waals surface area contributed by atoms with Crippen LogP contribution in [-0.2, 0) is 6.18 Å². The van der Waals surface area contributed by atoms with Crippen molar-refractivity contribution in [3.63, 3.8) is 0 Å². The van der Waals surface area contributed by atoms with Gasteiger partial charge in [-0.3, -0.25) is 0 Å². The molecule has 0 aliphatic carbocycles. The van der Waals surface area contributed by atoms with Crippen LogP contribution in [0.15, 0.2) is 34.1 Å². The standard InChI is InChI=1S/C12H8BrF4NS/c13-10-4-3-9(19-10)11(18)6-1-2-7(8(14)5-6)12(15,16)17/h1-5,11H,18H2. The van der Waals surface area contributed by atoms with Gasteiger partial charge in [0.15, 0.2) is 0 Å². The first-order valence-corrected chi connectivity index (χ1v) is 6.77. The molecule has 0 radical (unpaired) electrons. The molecule has 0 spiro atoms. The van der Waals surface area contributed by atoms with E-state index in [4.69, 9.17) is 5.73 Å². The summed E-state index contributed by atoms with van der Waals surface area (Å²) in [7, 11) is 0. The quantitative estimate of drug-likeness (QED) is 0.777. The van der Waals surface area contributed by atoms with Gasteiger partial charge in [0.1, 0.15) is 5.82 Å². The van der Waals surface area contributed by atoms with Gasteiger partial charge in [-0.05, 0) is 45.8 Å². The molecule has 0 aliphatic rings. The maximum Gasteiger partial charge on any atom is 0.419 e. The van der Waals surface area contributed by atoms with Crippen molar-refractivity contribution in [3.05, 3.63) is 55.9 Å². The molecular formula is C12H8BrF4NS. The second kappa shape index (κ2) is 5.22. The van der Waals surface area contributed by atoms with E-state index in [1.54, 1.807) is 12.1 Å². The van der Waals surface area contributed by atoms with Crippen molar-refractivity contribution >= 4 is 27.3 Å². The number of nitrogens with two attached hydrogens (primary N) is 1. The van der Waals surface area contributed by atoms with Gasteiger partial charge in [-0.2, -0.15) is 13.2 Å². The number of rotatable bonds is 2. The first-order valence-electron chi connectivity index (χ1n) is 5.16. The van der Waals surface area contributed by atoms with Crippen molar-refractivity contribution in [1.29, 1.82) is 0 Å². The minimum atomic E-state index is -4.70. The molecule has 1 heterocycles. The van der Waals surface area contributed by atoms with Crippen LogP contribution in [0.5, 0.6) is 0 Å². The lowest BCUT2D eigenvalue weighted by Gasteiger charge is -2.13. The molecule has 2 N–H and O–H groups in total. The summed E-state index contributed by atoms with van der Waals surface area (Å²) in [5, 5.41) is 0. The van der Waals surface area contributed by atoms with Gasteiger partial charge in [0.2, 0.25) is 0 Å². The summed E-state index contributed by atoms with van der Waals surface area (Å²) in [6.07, 6.45) is -4.70. The van der Waals surface area contributed by atoms with Crippen LogP contribution in [0.4, 0.5) is 17.6 Å². The van der Waals surface area contributed by atoms with E-state index in [0.717, 1.165) is 14.7 Å². The average Bonchev–Trinajstić information content (AvgIpc) is 2.73. The largest absolute Gasteiger partial charge is 0.419 e. The third-order valence-corrected chi connectivity index (χ3v) is 4.26. The fourth-order valence-corrected chi connectivity index (χ4v) is 3.07. The third kappa shape index (κ3) is 3.16. The molecule has 0 bridgehead atoms. The van der Waals surface area contributed by atoms with Crippen molar-refractivity contribution in [1.82, 2.24) is 0 Å². The monoisotopic (exact) mass is 353 g/mol. The highest BCUT2D eigenvalue weighted by Crippen LogP contribution is 2.34. The highest BCUT2D eigenvalue weighted by atomic mass is 79.9. The van der Waals surface area contributed by atoms with E-state index >= 15 is 0 Å². The number of alkyl halides is 3. The van der Waals surface area contributed by atoms with Crippen molar-refractivity contribution in [2.75, 3.05) is 0 Å². The number of hydrogen-bond donors (Lipinski definition) is 1. The Bertz CT molecular complexity index is 594. The van der Waals surface area contributed by atoms with Gasteiger partial charge in [-0.1, -0.05) is 6.07 Å². The van der Waals surface area contributed by atoms with Gasteiger partial charge < -0.3 is 5.73 Å². The van der Waals surface area contributed by atoms with Crippen LogP contribution in [0.3, 0.4) is 0 Å². The molecule has 1 unspecified atom stereocenters. The Morgan fingerprint density at radius 3 is 2.32 bits per heavy atom. The summed E-state index contributed by atoms with van der Waals surface area (Å²) in [5.74, 6) is -1.31. The Hall–Kier alpha value is -0.920. The van der Waals surface area contributed by atoms with E-state index in [2.05, 4.69) is 15.9 Å². The lowest BCUT2D eigenvalue weighted by molar-refractivity contribution is -0.140. The molecule has 0 amide bonds. The number of benzene rings is 1. The van der Waals surface area contributed by atoms with Crippen LogP contribution >= 0.6 is 27.3 Å². The molecule has 0 aliphatic heterocycles. The second-order valence-electron chi connectivity index (χ2n) is 3.86. The Morgan fingerprint density at radius 2 is 1.84 bits per heavy atom. The third-order valence-electron chi connectivity index (χ3n) is 2.56. The van der Waals surface area contributed by atoms with Crippen LogP contribution in [0.1, 0.15) is 22.0 Å². The van der Waals surface area contributed by atoms with E-state index in [1.165, 1.54) is 17.4 Å². The minimum absolute atomic E-state index is 0.305.